The molecule has 0 saturated heterocycles. The van der Waals surface area contributed by atoms with E-state index in [9.17, 15) is 4.79 Å². The van der Waals surface area contributed by atoms with Crippen LogP contribution in [0.5, 0.6) is 0 Å². The normalized spacial score (nSPS) is 11.0. The lowest BCUT2D eigenvalue weighted by Gasteiger charge is -2.03. The summed E-state index contributed by atoms with van der Waals surface area (Å²) in [4.78, 5) is 12.4. The van der Waals surface area contributed by atoms with Crippen LogP contribution in [0.3, 0.4) is 0 Å². The van der Waals surface area contributed by atoms with Crippen LogP contribution in [-0.4, -0.2) is 35.4 Å². The third-order valence-electron chi connectivity index (χ3n) is 2.51. The molecule has 0 atom stereocenters. The van der Waals surface area contributed by atoms with Crippen molar-refractivity contribution < 1.29 is 9.90 Å². The maximum Gasteiger partial charge on any atom is 0.328 e. The fourth-order valence-electron chi connectivity index (χ4n) is 1.54. The van der Waals surface area contributed by atoms with Crippen molar-refractivity contribution in [1.82, 2.24) is 10.2 Å². The van der Waals surface area contributed by atoms with Gasteiger partial charge < -0.3 is 10.0 Å². The van der Waals surface area contributed by atoms with E-state index in [2.05, 4.69) is 10.2 Å². The zero-order valence-corrected chi connectivity index (χ0v) is 13.3. The van der Waals surface area contributed by atoms with E-state index < -0.39 is 5.97 Å². The highest BCUT2D eigenvalue weighted by molar-refractivity contribution is 8.00. The first-order valence-electron chi connectivity index (χ1n) is 6.18. The molecule has 1 aromatic heterocycles. The summed E-state index contributed by atoms with van der Waals surface area (Å²) in [6.07, 6.45) is 2.73. The third kappa shape index (κ3) is 4.87. The predicted molar refractivity (Wildman–Crippen MR) is 86.9 cm³/mol. The van der Waals surface area contributed by atoms with Gasteiger partial charge in [0.15, 0.2) is 4.34 Å². The number of benzene rings is 1. The van der Waals surface area contributed by atoms with Gasteiger partial charge in [0.1, 0.15) is 0 Å². The Balaban J connectivity index is 1.99. The van der Waals surface area contributed by atoms with Crippen molar-refractivity contribution in [2.75, 3.05) is 19.0 Å². The molecule has 0 aliphatic rings. The van der Waals surface area contributed by atoms with E-state index in [0.29, 0.717) is 0 Å². The number of nitrogens with zero attached hydrogens (tertiary/aromatic N) is 3. The number of carbonyl (C=O) groups is 1. The van der Waals surface area contributed by atoms with E-state index >= 15 is 0 Å². The Hall–Kier alpha value is -1.86. The Kier molecular flexibility index (Phi) is 5.35. The summed E-state index contributed by atoms with van der Waals surface area (Å²) in [5.74, 6) is -0.170. The molecular formula is C14H15N3O2S2. The molecule has 0 radical (unpaired) electrons. The molecule has 2 rings (SSSR count). The minimum absolute atomic E-state index is 0.775. The van der Waals surface area contributed by atoms with Crippen molar-refractivity contribution in [3.8, 4) is 0 Å². The number of aliphatic carboxylic acids is 1. The molecule has 0 spiro atoms. The Morgan fingerprint density at radius 2 is 2.24 bits per heavy atom. The number of rotatable bonds is 6. The number of hydrogen-bond acceptors (Lipinski definition) is 6. The van der Waals surface area contributed by atoms with Gasteiger partial charge >= 0.3 is 5.97 Å². The second-order valence-electron chi connectivity index (χ2n) is 4.45. The van der Waals surface area contributed by atoms with E-state index in [1.165, 1.54) is 0 Å². The SMILES string of the molecule is CN(C)c1nnc(SCc2cccc(C=CC(=O)O)c2)s1. The Bertz CT molecular complexity index is 653. The van der Waals surface area contributed by atoms with E-state index in [0.717, 1.165) is 32.4 Å². The highest BCUT2D eigenvalue weighted by Gasteiger charge is 2.06. The smallest absolute Gasteiger partial charge is 0.328 e. The van der Waals surface area contributed by atoms with Crippen molar-refractivity contribution in [2.24, 2.45) is 0 Å². The Labute approximate surface area is 131 Å². The van der Waals surface area contributed by atoms with Gasteiger partial charge in [-0.3, -0.25) is 0 Å². The van der Waals surface area contributed by atoms with Crippen molar-refractivity contribution in [2.45, 2.75) is 10.1 Å². The lowest BCUT2D eigenvalue weighted by Crippen LogP contribution is -2.07. The predicted octanol–water partition coefficient (Wildman–Crippen LogP) is 2.99. The molecule has 7 heteroatoms. The summed E-state index contributed by atoms with van der Waals surface area (Å²) < 4.78 is 0.921. The van der Waals surface area contributed by atoms with Crippen LogP contribution in [0.25, 0.3) is 6.08 Å². The van der Waals surface area contributed by atoms with Gasteiger partial charge in [-0.15, -0.1) is 10.2 Å². The van der Waals surface area contributed by atoms with Gasteiger partial charge in [-0.05, 0) is 17.2 Å². The number of carboxylic acid groups (broad SMARTS) is 1. The number of thioether (sulfide) groups is 1. The van der Waals surface area contributed by atoms with Gasteiger partial charge in [0.25, 0.3) is 0 Å². The quantitative estimate of drug-likeness (QED) is 0.652. The second-order valence-corrected chi connectivity index (χ2v) is 6.63. The average molecular weight is 321 g/mol. The first-order valence-corrected chi connectivity index (χ1v) is 7.98. The Morgan fingerprint density at radius 3 is 2.90 bits per heavy atom. The summed E-state index contributed by atoms with van der Waals surface area (Å²) in [6.45, 7) is 0. The summed E-state index contributed by atoms with van der Waals surface area (Å²) >= 11 is 3.18. The van der Waals surface area contributed by atoms with Gasteiger partial charge in [-0.25, -0.2) is 4.79 Å². The summed E-state index contributed by atoms with van der Waals surface area (Å²) in [5.41, 5.74) is 2.00. The zero-order valence-electron chi connectivity index (χ0n) is 11.7. The zero-order chi connectivity index (χ0) is 15.2. The van der Waals surface area contributed by atoms with Crippen LogP contribution >= 0.6 is 23.1 Å². The van der Waals surface area contributed by atoms with Gasteiger partial charge in [-0.1, -0.05) is 47.4 Å². The first-order chi connectivity index (χ1) is 10.0. The molecule has 0 aliphatic heterocycles. The molecule has 1 heterocycles. The van der Waals surface area contributed by atoms with E-state index in [4.69, 9.17) is 5.11 Å². The molecule has 21 heavy (non-hydrogen) atoms. The molecule has 1 N–H and O–H groups in total. The van der Waals surface area contributed by atoms with Crippen molar-refractivity contribution in [3.63, 3.8) is 0 Å². The Morgan fingerprint density at radius 1 is 1.43 bits per heavy atom. The van der Waals surface area contributed by atoms with E-state index in [-0.39, 0.29) is 0 Å². The highest BCUT2D eigenvalue weighted by atomic mass is 32.2. The lowest BCUT2D eigenvalue weighted by molar-refractivity contribution is -0.131. The van der Waals surface area contributed by atoms with Crippen LogP contribution in [0, 0.1) is 0 Å². The second kappa shape index (κ2) is 7.24. The molecule has 0 unspecified atom stereocenters. The minimum atomic E-state index is -0.945. The number of carboxylic acids is 1. The largest absolute Gasteiger partial charge is 0.478 e. The van der Waals surface area contributed by atoms with Crippen LogP contribution in [0.4, 0.5) is 5.13 Å². The van der Waals surface area contributed by atoms with Crippen LogP contribution in [-0.2, 0) is 10.5 Å². The maximum atomic E-state index is 10.5. The molecule has 2 aromatic rings. The van der Waals surface area contributed by atoms with Crippen LogP contribution in [0.2, 0.25) is 0 Å². The number of anilines is 1. The minimum Gasteiger partial charge on any atom is -0.478 e. The average Bonchev–Trinajstić information content (AvgIpc) is 2.92. The number of aromatic nitrogens is 2. The summed E-state index contributed by atoms with van der Waals surface area (Å²) in [5, 5.41) is 17.7. The van der Waals surface area contributed by atoms with Crippen LogP contribution in [0.1, 0.15) is 11.1 Å². The molecule has 5 nitrogen and oxygen atoms in total. The van der Waals surface area contributed by atoms with Gasteiger partial charge in [0, 0.05) is 25.9 Å². The molecule has 1 aromatic carbocycles. The monoisotopic (exact) mass is 321 g/mol. The highest BCUT2D eigenvalue weighted by Crippen LogP contribution is 2.29. The van der Waals surface area contributed by atoms with E-state index in [1.807, 2.05) is 43.3 Å². The topological polar surface area (TPSA) is 66.3 Å². The molecule has 0 aliphatic carbocycles. The fraction of sp³-hybridized carbons (Fsp3) is 0.214. The molecule has 110 valence electrons. The number of hydrogen-bond donors (Lipinski definition) is 1. The standard InChI is InChI=1S/C14H15N3O2S2/c1-17(2)13-15-16-14(21-13)20-9-11-5-3-4-10(8-11)6-7-12(18)19/h3-8H,9H2,1-2H3,(H,18,19). The van der Waals surface area contributed by atoms with Crippen molar-refractivity contribution in [1.29, 1.82) is 0 Å². The lowest BCUT2D eigenvalue weighted by atomic mass is 10.1. The molecular weight excluding hydrogens is 306 g/mol. The maximum absolute atomic E-state index is 10.5. The van der Waals surface area contributed by atoms with Gasteiger partial charge in [0.2, 0.25) is 5.13 Å². The van der Waals surface area contributed by atoms with Crippen molar-refractivity contribution in [3.05, 3.63) is 41.5 Å². The molecule has 0 saturated carbocycles. The summed E-state index contributed by atoms with van der Waals surface area (Å²) in [6, 6.07) is 7.78. The summed E-state index contributed by atoms with van der Waals surface area (Å²) in [7, 11) is 3.88. The van der Waals surface area contributed by atoms with Crippen LogP contribution in [0.15, 0.2) is 34.7 Å². The molecule has 0 fully saturated rings. The van der Waals surface area contributed by atoms with Gasteiger partial charge in [-0.2, -0.15) is 0 Å². The van der Waals surface area contributed by atoms with Crippen molar-refractivity contribution >= 4 is 40.3 Å². The fourth-order valence-corrected chi connectivity index (χ4v) is 3.25. The van der Waals surface area contributed by atoms with Crippen LogP contribution < -0.4 is 4.90 Å². The molecule has 0 amide bonds. The third-order valence-corrected chi connectivity index (χ3v) is 4.81. The van der Waals surface area contributed by atoms with E-state index in [1.54, 1.807) is 29.2 Å². The van der Waals surface area contributed by atoms with Gasteiger partial charge in [0.05, 0.1) is 0 Å². The first kappa shape index (κ1) is 15.5. The molecule has 0 bridgehead atoms.